The SMILES string of the molecule is CCOCCCNC(N)=NCc1cc(C#N)ccc1F.I. The second-order valence-electron chi connectivity index (χ2n) is 4.10. The summed E-state index contributed by atoms with van der Waals surface area (Å²) in [5.74, 6) is -0.139. The van der Waals surface area contributed by atoms with Gasteiger partial charge >= 0.3 is 0 Å². The van der Waals surface area contributed by atoms with Crippen LogP contribution >= 0.6 is 24.0 Å². The third kappa shape index (κ3) is 7.82. The molecule has 3 N–H and O–H groups in total. The lowest BCUT2D eigenvalue weighted by molar-refractivity contribution is 0.145. The number of halogens is 2. The van der Waals surface area contributed by atoms with Crippen molar-refractivity contribution in [1.82, 2.24) is 5.32 Å². The minimum atomic E-state index is -0.392. The summed E-state index contributed by atoms with van der Waals surface area (Å²) in [6, 6.07) is 6.12. The molecule has 1 aromatic rings. The minimum absolute atomic E-state index is 0. The van der Waals surface area contributed by atoms with Gasteiger partial charge < -0.3 is 15.8 Å². The van der Waals surface area contributed by atoms with Gasteiger partial charge in [-0.15, -0.1) is 24.0 Å². The van der Waals surface area contributed by atoms with Crippen LogP contribution in [0.4, 0.5) is 4.39 Å². The topological polar surface area (TPSA) is 83.4 Å². The standard InChI is InChI=1S/C14H19FN4O.HI/c1-2-20-7-3-6-18-14(17)19-10-12-8-11(9-16)4-5-13(12)15;/h4-5,8H,2-3,6-7,10H2,1H3,(H3,17,18,19);1H. The fourth-order valence-corrected chi connectivity index (χ4v) is 1.53. The molecule has 116 valence electrons. The highest BCUT2D eigenvalue weighted by Crippen LogP contribution is 2.11. The Morgan fingerprint density at radius 3 is 2.95 bits per heavy atom. The molecule has 0 aliphatic heterocycles. The van der Waals surface area contributed by atoms with Crippen LogP contribution in [0.25, 0.3) is 0 Å². The molecule has 0 fully saturated rings. The molecule has 0 amide bonds. The third-order valence-corrected chi connectivity index (χ3v) is 2.57. The average Bonchev–Trinajstić information content (AvgIpc) is 2.46. The summed E-state index contributed by atoms with van der Waals surface area (Å²) in [4.78, 5) is 4.04. The van der Waals surface area contributed by atoms with Crippen molar-refractivity contribution in [3.63, 3.8) is 0 Å². The van der Waals surface area contributed by atoms with Crippen molar-refractivity contribution in [3.8, 4) is 6.07 Å². The molecule has 0 bridgehead atoms. The van der Waals surface area contributed by atoms with Gasteiger partial charge in [0.1, 0.15) is 5.82 Å². The zero-order valence-electron chi connectivity index (χ0n) is 11.9. The smallest absolute Gasteiger partial charge is 0.188 e. The van der Waals surface area contributed by atoms with Gasteiger partial charge in [0.2, 0.25) is 0 Å². The molecule has 0 atom stereocenters. The van der Waals surface area contributed by atoms with Crippen LogP contribution in [0.1, 0.15) is 24.5 Å². The van der Waals surface area contributed by atoms with Gasteiger partial charge in [-0.25, -0.2) is 9.38 Å². The Bertz CT molecular complexity index is 502. The normalized spacial score (nSPS) is 10.6. The summed E-state index contributed by atoms with van der Waals surface area (Å²) in [6.45, 7) is 4.04. The van der Waals surface area contributed by atoms with Crippen molar-refractivity contribution >= 4 is 29.9 Å². The Morgan fingerprint density at radius 2 is 2.29 bits per heavy atom. The molecule has 0 aliphatic rings. The van der Waals surface area contributed by atoms with Gasteiger partial charge in [0.25, 0.3) is 0 Å². The summed E-state index contributed by atoms with van der Waals surface area (Å²) >= 11 is 0. The second kappa shape index (κ2) is 11.3. The molecule has 0 radical (unpaired) electrons. The average molecular weight is 406 g/mol. The van der Waals surface area contributed by atoms with Crippen LogP contribution in [0, 0.1) is 17.1 Å². The van der Waals surface area contributed by atoms with E-state index in [4.69, 9.17) is 15.7 Å². The van der Waals surface area contributed by atoms with E-state index < -0.39 is 5.82 Å². The van der Waals surface area contributed by atoms with Crippen LogP contribution in [0.2, 0.25) is 0 Å². The molecule has 21 heavy (non-hydrogen) atoms. The zero-order valence-corrected chi connectivity index (χ0v) is 14.3. The third-order valence-electron chi connectivity index (χ3n) is 2.57. The van der Waals surface area contributed by atoms with Crippen molar-refractivity contribution in [2.45, 2.75) is 19.9 Å². The molecule has 1 rings (SSSR count). The maximum absolute atomic E-state index is 13.5. The number of nitrogens with zero attached hydrogens (tertiary/aromatic N) is 2. The Balaban J connectivity index is 0.00000400. The molecule has 0 spiro atoms. The molecule has 0 heterocycles. The monoisotopic (exact) mass is 406 g/mol. The molecular formula is C14H20FIN4O. The second-order valence-corrected chi connectivity index (χ2v) is 4.10. The molecule has 1 aromatic carbocycles. The number of ether oxygens (including phenoxy) is 1. The molecule has 5 nitrogen and oxygen atoms in total. The highest BCUT2D eigenvalue weighted by molar-refractivity contribution is 14.0. The number of benzene rings is 1. The Kier molecular flexibility index (Phi) is 10.5. The summed E-state index contributed by atoms with van der Waals surface area (Å²) in [5, 5.41) is 11.7. The fourth-order valence-electron chi connectivity index (χ4n) is 1.53. The van der Waals surface area contributed by atoms with Crippen LogP contribution in [0.5, 0.6) is 0 Å². The molecule has 0 aromatic heterocycles. The number of nitrogens with two attached hydrogens (primary N) is 1. The molecule has 7 heteroatoms. The van der Waals surface area contributed by atoms with E-state index >= 15 is 0 Å². The van der Waals surface area contributed by atoms with Crippen molar-refractivity contribution in [2.24, 2.45) is 10.7 Å². The lowest BCUT2D eigenvalue weighted by Crippen LogP contribution is -2.32. The van der Waals surface area contributed by atoms with Crippen molar-refractivity contribution in [1.29, 1.82) is 5.26 Å². The molecular weight excluding hydrogens is 386 g/mol. The van der Waals surface area contributed by atoms with Gasteiger partial charge in [0, 0.05) is 25.3 Å². The van der Waals surface area contributed by atoms with Gasteiger partial charge in [-0.1, -0.05) is 0 Å². The summed E-state index contributed by atoms with van der Waals surface area (Å²) < 4.78 is 18.7. The van der Waals surface area contributed by atoms with Crippen molar-refractivity contribution in [2.75, 3.05) is 19.8 Å². The van der Waals surface area contributed by atoms with Crippen LogP contribution < -0.4 is 11.1 Å². The molecule has 0 saturated heterocycles. The predicted molar refractivity (Wildman–Crippen MR) is 91.0 cm³/mol. The number of guanidine groups is 1. The number of nitrogens with one attached hydrogen (secondary N) is 1. The largest absolute Gasteiger partial charge is 0.382 e. The zero-order chi connectivity index (χ0) is 14.8. The van der Waals surface area contributed by atoms with E-state index in [-0.39, 0.29) is 36.5 Å². The lowest BCUT2D eigenvalue weighted by Gasteiger charge is -2.06. The summed E-state index contributed by atoms with van der Waals surface area (Å²) in [5.41, 5.74) is 6.42. The van der Waals surface area contributed by atoms with Crippen molar-refractivity contribution < 1.29 is 9.13 Å². The van der Waals surface area contributed by atoms with Crippen molar-refractivity contribution in [3.05, 3.63) is 35.1 Å². The quantitative estimate of drug-likeness (QED) is 0.315. The van der Waals surface area contributed by atoms with Gasteiger partial charge in [-0.2, -0.15) is 5.26 Å². The van der Waals surface area contributed by atoms with Crippen LogP contribution in [-0.4, -0.2) is 25.7 Å². The number of hydrogen-bond acceptors (Lipinski definition) is 3. The fraction of sp³-hybridized carbons (Fsp3) is 0.429. The van der Waals surface area contributed by atoms with Crippen LogP contribution in [0.15, 0.2) is 23.2 Å². The van der Waals surface area contributed by atoms with E-state index in [1.165, 1.54) is 18.2 Å². The van der Waals surface area contributed by atoms with E-state index in [1.54, 1.807) is 0 Å². The first-order valence-electron chi connectivity index (χ1n) is 6.47. The molecule has 0 saturated carbocycles. The minimum Gasteiger partial charge on any atom is -0.382 e. The Morgan fingerprint density at radius 1 is 1.52 bits per heavy atom. The van der Waals surface area contributed by atoms with Gasteiger partial charge in [-0.3, -0.25) is 0 Å². The summed E-state index contributed by atoms with van der Waals surface area (Å²) in [6.07, 6.45) is 0.822. The van der Waals surface area contributed by atoms with Gasteiger partial charge in [-0.05, 0) is 31.5 Å². The number of rotatable bonds is 7. The van der Waals surface area contributed by atoms with E-state index in [0.29, 0.717) is 30.9 Å². The first-order chi connectivity index (χ1) is 9.67. The number of nitriles is 1. The lowest BCUT2D eigenvalue weighted by atomic mass is 10.1. The van der Waals surface area contributed by atoms with Gasteiger partial charge in [0.15, 0.2) is 5.96 Å². The van der Waals surface area contributed by atoms with Crippen LogP contribution in [0.3, 0.4) is 0 Å². The van der Waals surface area contributed by atoms with Crippen LogP contribution in [-0.2, 0) is 11.3 Å². The van der Waals surface area contributed by atoms with E-state index in [9.17, 15) is 4.39 Å². The Labute approximate surface area is 141 Å². The summed E-state index contributed by atoms with van der Waals surface area (Å²) in [7, 11) is 0. The highest BCUT2D eigenvalue weighted by Gasteiger charge is 2.03. The number of aliphatic imine (C=N–C) groups is 1. The first-order valence-corrected chi connectivity index (χ1v) is 6.47. The number of hydrogen-bond donors (Lipinski definition) is 2. The van der Waals surface area contributed by atoms with E-state index in [2.05, 4.69) is 10.3 Å². The van der Waals surface area contributed by atoms with E-state index in [0.717, 1.165) is 6.42 Å². The molecule has 0 unspecified atom stereocenters. The molecule has 0 aliphatic carbocycles. The van der Waals surface area contributed by atoms with E-state index in [1.807, 2.05) is 13.0 Å². The Hall–Kier alpha value is -1.40. The first kappa shape index (κ1) is 19.6. The maximum Gasteiger partial charge on any atom is 0.188 e. The predicted octanol–water partition coefficient (Wildman–Crippen LogP) is 2.15. The highest BCUT2D eigenvalue weighted by atomic mass is 127. The maximum atomic E-state index is 13.5. The van der Waals surface area contributed by atoms with Gasteiger partial charge in [0.05, 0.1) is 18.2 Å².